The van der Waals surface area contributed by atoms with Gasteiger partial charge in [0.2, 0.25) is 10.0 Å². The highest BCUT2D eigenvalue weighted by Crippen LogP contribution is 2.22. The van der Waals surface area contributed by atoms with Gasteiger partial charge < -0.3 is 10.0 Å². The van der Waals surface area contributed by atoms with Crippen LogP contribution in [0.15, 0.2) is 23.1 Å². The van der Waals surface area contributed by atoms with E-state index >= 15 is 0 Å². The molecule has 8 heteroatoms. The van der Waals surface area contributed by atoms with Gasteiger partial charge in [0.05, 0.1) is 10.5 Å². The number of aryl methyl sites for hydroxylation is 1. The molecule has 0 aliphatic carbocycles. The van der Waals surface area contributed by atoms with Gasteiger partial charge in [-0.05, 0) is 51.1 Å². The summed E-state index contributed by atoms with van der Waals surface area (Å²) in [6, 6.07) is 4.89. The second-order valence-electron chi connectivity index (χ2n) is 7.62. The molecule has 2 saturated heterocycles. The number of benzene rings is 1. The number of rotatable bonds is 5. The van der Waals surface area contributed by atoms with Crippen molar-refractivity contribution in [2.45, 2.75) is 37.1 Å². The zero-order valence-corrected chi connectivity index (χ0v) is 16.9. The van der Waals surface area contributed by atoms with E-state index in [0.29, 0.717) is 37.8 Å². The van der Waals surface area contributed by atoms with Crippen LogP contribution in [0.3, 0.4) is 0 Å². The Balaban J connectivity index is 1.64. The third-order valence-electron chi connectivity index (χ3n) is 5.80. The van der Waals surface area contributed by atoms with Gasteiger partial charge in [0, 0.05) is 38.8 Å². The van der Waals surface area contributed by atoms with E-state index < -0.39 is 16.0 Å². The largest absolute Gasteiger partial charge is 0.478 e. The highest BCUT2D eigenvalue weighted by atomic mass is 32.2. The number of aromatic carboxylic acids is 1. The molecule has 27 heavy (non-hydrogen) atoms. The van der Waals surface area contributed by atoms with E-state index in [1.807, 2.05) is 0 Å². The Hall–Kier alpha value is -1.48. The van der Waals surface area contributed by atoms with Gasteiger partial charge in [0.25, 0.3) is 0 Å². The lowest BCUT2D eigenvalue weighted by atomic mass is 10.0. The molecule has 0 amide bonds. The first kappa shape index (κ1) is 20.3. The lowest BCUT2D eigenvalue weighted by Gasteiger charge is -2.39. The molecule has 0 saturated carbocycles. The maximum atomic E-state index is 12.9. The summed E-state index contributed by atoms with van der Waals surface area (Å²) in [5.74, 6) is -1.11. The van der Waals surface area contributed by atoms with Gasteiger partial charge in [-0.25, -0.2) is 13.2 Å². The molecule has 2 fully saturated rings. The summed E-state index contributed by atoms with van der Waals surface area (Å²) in [4.78, 5) is 16.1. The molecule has 1 atom stereocenters. The molecular weight excluding hydrogens is 366 g/mol. The molecule has 0 bridgehead atoms. The number of nitrogens with zero attached hydrogens (tertiary/aromatic N) is 3. The normalized spacial score (nSPS) is 23.4. The summed E-state index contributed by atoms with van der Waals surface area (Å²) >= 11 is 0. The summed E-state index contributed by atoms with van der Waals surface area (Å²) in [6.07, 6.45) is 3.73. The monoisotopic (exact) mass is 395 g/mol. The van der Waals surface area contributed by atoms with E-state index in [4.69, 9.17) is 0 Å². The van der Waals surface area contributed by atoms with Crippen molar-refractivity contribution in [2.75, 3.05) is 46.3 Å². The summed E-state index contributed by atoms with van der Waals surface area (Å²) in [5.41, 5.74) is 0.595. The topological polar surface area (TPSA) is 81.2 Å². The number of hydrogen-bond donors (Lipinski definition) is 1. The number of likely N-dealkylation sites (tertiary alicyclic amines) is 1. The molecule has 7 nitrogen and oxygen atoms in total. The second kappa shape index (κ2) is 8.26. The molecule has 1 aromatic carbocycles. The van der Waals surface area contributed by atoms with E-state index in [2.05, 4.69) is 16.8 Å². The van der Waals surface area contributed by atoms with Crippen molar-refractivity contribution in [3.8, 4) is 0 Å². The van der Waals surface area contributed by atoms with Crippen molar-refractivity contribution in [2.24, 2.45) is 0 Å². The summed E-state index contributed by atoms with van der Waals surface area (Å²) < 4.78 is 27.3. The Labute approximate surface area is 161 Å². The van der Waals surface area contributed by atoms with Gasteiger partial charge >= 0.3 is 5.97 Å². The SMILES string of the molecule is Cc1ccc(S(=O)(=O)N2CCN(CC3CCCCN3C)CC2)cc1C(=O)O. The third kappa shape index (κ3) is 4.51. The van der Waals surface area contributed by atoms with Crippen LogP contribution in [0.1, 0.15) is 35.2 Å². The fraction of sp³-hybridized carbons (Fsp3) is 0.632. The van der Waals surface area contributed by atoms with Gasteiger partial charge in [0.15, 0.2) is 0 Å². The van der Waals surface area contributed by atoms with Crippen molar-refractivity contribution >= 4 is 16.0 Å². The number of hydrogen-bond acceptors (Lipinski definition) is 5. The molecule has 0 spiro atoms. The lowest BCUT2D eigenvalue weighted by Crippen LogP contribution is -2.52. The molecular formula is C19H29N3O4S. The standard InChI is InChI=1S/C19H29N3O4S/c1-15-6-7-17(13-18(15)19(23)24)27(25,26)22-11-9-21(10-12-22)14-16-5-3-4-8-20(16)2/h6-7,13,16H,3-5,8-12,14H2,1-2H3,(H,23,24). The molecule has 2 aliphatic rings. The predicted octanol–water partition coefficient (Wildman–Crippen LogP) is 1.48. The first-order chi connectivity index (χ1) is 12.8. The number of likely N-dealkylation sites (N-methyl/N-ethyl adjacent to an activating group) is 1. The van der Waals surface area contributed by atoms with Crippen LogP contribution in [0.4, 0.5) is 0 Å². The van der Waals surface area contributed by atoms with Crippen LogP contribution in [0, 0.1) is 6.92 Å². The number of sulfonamides is 1. The van der Waals surface area contributed by atoms with Crippen molar-refractivity contribution < 1.29 is 18.3 Å². The fourth-order valence-corrected chi connectivity index (χ4v) is 5.42. The van der Waals surface area contributed by atoms with Crippen molar-refractivity contribution in [1.82, 2.24) is 14.1 Å². The molecule has 150 valence electrons. The number of carboxylic acids is 1. The number of carboxylic acid groups (broad SMARTS) is 1. The van der Waals surface area contributed by atoms with E-state index in [1.165, 1.54) is 35.7 Å². The smallest absolute Gasteiger partial charge is 0.335 e. The molecule has 0 radical (unpaired) electrons. The van der Waals surface area contributed by atoms with Crippen LogP contribution in [0.5, 0.6) is 0 Å². The minimum atomic E-state index is -3.67. The van der Waals surface area contributed by atoms with Gasteiger partial charge in [-0.15, -0.1) is 0 Å². The molecule has 2 heterocycles. The molecule has 0 aromatic heterocycles. The molecule has 1 unspecified atom stereocenters. The second-order valence-corrected chi connectivity index (χ2v) is 9.55. The lowest BCUT2D eigenvalue weighted by molar-refractivity contribution is 0.0696. The number of carbonyl (C=O) groups is 1. The Morgan fingerprint density at radius 2 is 1.85 bits per heavy atom. The Morgan fingerprint density at radius 1 is 1.15 bits per heavy atom. The van der Waals surface area contributed by atoms with E-state index in [1.54, 1.807) is 13.0 Å². The van der Waals surface area contributed by atoms with Crippen molar-refractivity contribution in [3.63, 3.8) is 0 Å². The van der Waals surface area contributed by atoms with Crippen LogP contribution in [0.25, 0.3) is 0 Å². The molecule has 3 rings (SSSR count). The van der Waals surface area contributed by atoms with Gasteiger partial charge in [-0.3, -0.25) is 4.90 Å². The molecule has 1 aromatic rings. The fourth-order valence-electron chi connectivity index (χ4n) is 3.97. The Kier molecular flexibility index (Phi) is 6.20. The van der Waals surface area contributed by atoms with Crippen molar-refractivity contribution in [3.05, 3.63) is 29.3 Å². The van der Waals surface area contributed by atoms with Crippen LogP contribution in [-0.2, 0) is 10.0 Å². The average Bonchev–Trinajstić information content (AvgIpc) is 2.64. The summed E-state index contributed by atoms with van der Waals surface area (Å²) in [5, 5.41) is 9.26. The maximum Gasteiger partial charge on any atom is 0.335 e. The van der Waals surface area contributed by atoms with Gasteiger partial charge in [0.1, 0.15) is 0 Å². The predicted molar refractivity (Wildman–Crippen MR) is 104 cm³/mol. The number of piperidine rings is 1. The Bertz CT molecular complexity index is 788. The summed E-state index contributed by atoms with van der Waals surface area (Å²) in [7, 11) is -1.50. The minimum absolute atomic E-state index is 0.0371. The van der Waals surface area contributed by atoms with Crippen LogP contribution < -0.4 is 0 Å². The minimum Gasteiger partial charge on any atom is -0.478 e. The highest BCUT2D eigenvalue weighted by molar-refractivity contribution is 7.89. The quantitative estimate of drug-likeness (QED) is 0.813. The first-order valence-electron chi connectivity index (χ1n) is 9.56. The summed E-state index contributed by atoms with van der Waals surface area (Å²) in [6.45, 7) is 6.09. The zero-order valence-electron chi connectivity index (χ0n) is 16.1. The highest BCUT2D eigenvalue weighted by Gasteiger charge is 2.31. The van der Waals surface area contributed by atoms with Gasteiger partial charge in [-0.1, -0.05) is 12.5 Å². The van der Waals surface area contributed by atoms with E-state index in [9.17, 15) is 18.3 Å². The average molecular weight is 396 g/mol. The molecule has 1 N–H and O–H groups in total. The maximum absolute atomic E-state index is 12.9. The van der Waals surface area contributed by atoms with Crippen LogP contribution in [0.2, 0.25) is 0 Å². The van der Waals surface area contributed by atoms with E-state index in [0.717, 1.165) is 13.1 Å². The first-order valence-corrected chi connectivity index (χ1v) is 11.0. The van der Waals surface area contributed by atoms with Gasteiger partial charge in [-0.2, -0.15) is 4.31 Å². The zero-order chi connectivity index (χ0) is 19.6. The van der Waals surface area contributed by atoms with E-state index in [-0.39, 0.29) is 10.5 Å². The van der Waals surface area contributed by atoms with Crippen molar-refractivity contribution in [1.29, 1.82) is 0 Å². The number of piperazine rings is 1. The van der Waals surface area contributed by atoms with Crippen LogP contribution in [-0.4, -0.2) is 86.0 Å². The van der Waals surface area contributed by atoms with Crippen LogP contribution >= 0.6 is 0 Å². The third-order valence-corrected chi connectivity index (χ3v) is 7.69. The Morgan fingerprint density at radius 3 is 2.48 bits per heavy atom. The molecule has 2 aliphatic heterocycles.